The minimum atomic E-state index is -0.488. The normalized spacial score (nSPS) is 11.9. The number of likely N-dealkylation sites (N-methyl/N-ethyl adjacent to an activating group) is 1. The quantitative estimate of drug-likeness (QED) is 0.936. The molecule has 2 rings (SSSR count). The molecule has 0 saturated heterocycles. The Morgan fingerprint density at radius 1 is 1.29 bits per heavy atom. The van der Waals surface area contributed by atoms with Gasteiger partial charge in [0.1, 0.15) is 0 Å². The van der Waals surface area contributed by atoms with Crippen molar-refractivity contribution in [2.75, 3.05) is 20.6 Å². The molecule has 0 saturated carbocycles. The number of nitrogens with two attached hydrogens (primary N) is 1. The highest BCUT2D eigenvalue weighted by Gasteiger charge is 2.15. The van der Waals surface area contributed by atoms with E-state index in [1.165, 1.54) is 5.56 Å². The number of aromatic nitrogens is 1. The third-order valence-electron chi connectivity index (χ3n) is 3.25. The van der Waals surface area contributed by atoms with Crippen molar-refractivity contribution in [2.24, 2.45) is 5.73 Å². The van der Waals surface area contributed by atoms with Crippen LogP contribution < -0.4 is 5.73 Å². The lowest BCUT2D eigenvalue weighted by molar-refractivity contribution is 0.0892. The molecule has 0 bridgehead atoms. The predicted molar refractivity (Wildman–Crippen MR) is 93.0 cm³/mol. The van der Waals surface area contributed by atoms with Crippen molar-refractivity contribution >= 4 is 41.6 Å². The number of fused-ring (bicyclic) bond motifs is 1. The van der Waals surface area contributed by atoms with Gasteiger partial charge >= 0.3 is 0 Å². The summed E-state index contributed by atoms with van der Waals surface area (Å²) in [6, 6.07) is 7.49. The summed E-state index contributed by atoms with van der Waals surface area (Å²) < 4.78 is 1.69. The van der Waals surface area contributed by atoms with Crippen LogP contribution in [0.25, 0.3) is 10.9 Å². The lowest BCUT2D eigenvalue weighted by Crippen LogP contribution is -2.31. The Labute approximate surface area is 138 Å². The Kier molecular flexibility index (Phi) is 7.96. The molecule has 1 atom stereocenters. The van der Waals surface area contributed by atoms with Gasteiger partial charge in [-0.05, 0) is 39.1 Å². The number of nitrogens with zero attached hydrogens (tertiary/aromatic N) is 2. The van der Waals surface area contributed by atoms with E-state index in [4.69, 9.17) is 5.73 Å². The topological polar surface area (TPSA) is 51.3 Å². The van der Waals surface area contributed by atoms with Gasteiger partial charge in [0, 0.05) is 18.1 Å². The summed E-state index contributed by atoms with van der Waals surface area (Å²) in [6.07, 6.45) is 2.85. The van der Waals surface area contributed by atoms with Gasteiger partial charge in [-0.25, -0.2) is 0 Å². The number of benzene rings is 1. The second kappa shape index (κ2) is 8.39. The molecule has 0 fully saturated rings. The molecule has 1 aromatic heterocycles. The number of carbonyl (C=O) groups is 1. The third-order valence-corrected chi connectivity index (χ3v) is 3.25. The van der Waals surface area contributed by atoms with E-state index in [1.807, 2.05) is 38.5 Å². The summed E-state index contributed by atoms with van der Waals surface area (Å²) in [4.78, 5) is 14.3. The highest BCUT2D eigenvalue weighted by Crippen LogP contribution is 2.22. The number of para-hydroxylation sites is 1. The monoisotopic (exact) mass is 331 g/mol. The first-order valence-corrected chi connectivity index (χ1v) is 6.54. The first-order chi connectivity index (χ1) is 9.00. The molecule has 21 heavy (non-hydrogen) atoms. The van der Waals surface area contributed by atoms with Crippen LogP contribution in [0.15, 0.2) is 30.5 Å². The van der Waals surface area contributed by atoms with Crippen LogP contribution >= 0.6 is 24.8 Å². The molecule has 1 heterocycles. The van der Waals surface area contributed by atoms with E-state index in [0.29, 0.717) is 0 Å². The van der Waals surface area contributed by atoms with Gasteiger partial charge in [0.15, 0.2) is 0 Å². The molecule has 4 nitrogen and oxygen atoms in total. The average molecular weight is 332 g/mol. The van der Waals surface area contributed by atoms with E-state index in [0.717, 1.165) is 23.9 Å². The molecule has 1 aromatic carbocycles. The highest BCUT2D eigenvalue weighted by molar-refractivity contribution is 5.96. The molecular weight excluding hydrogens is 309 g/mol. The van der Waals surface area contributed by atoms with Crippen molar-refractivity contribution in [1.29, 1.82) is 0 Å². The van der Waals surface area contributed by atoms with Gasteiger partial charge in [-0.3, -0.25) is 9.36 Å². The Bertz CT molecular complexity index is 594. The Morgan fingerprint density at radius 3 is 2.48 bits per heavy atom. The van der Waals surface area contributed by atoms with E-state index in [-0.39, 0.29) is 30.7 Å². The summed E-state index contributed by atoms with van der Waals surface area (Å²) in [5.74, 6) is -0.0627. The van der Waals surface area contributed by atoms with E-state index >= 15 is 0 Å². The second-order valence-corrected chi connectivity index (χ2v) is 5.22. The number of rotatable bonds is 4. The van der Waals surface area contributed by atoms with Crippen LogP contribution in [0.5, 0.6) is 0 Å². The maximum Gasteiger partial charge on any atom is 0.247 e. The Morgan fingerprint density at radius 2 is 1.90 bits per heavy atom. The van der Waals surface area contributed by atoms with E-state index in [2.05, 4.69) is 11.0 Å². The molecule has 0 aliphatic heterocycles. The number of carbonyl (C=O) groups excluding carboxylic acids is 1. The van der Waals surface area contributed by atoms with Crippen LogP contribution in [0.2, 0.25) is 0 Å². The zero-order valence-corrected chi connectivity index (χ0v) is 14.2. The summed E-state index contributed by atoms with van der Waals surface area (Å²) in [7, 11) is 4.10. The predicted octanol–water partition coefficient (Wildman–Crippen LogP) is 2.58. The lowest BCUT2D eigenvalue weighted by atomic mass is 10.1. The molecule has 118 valence electrons. The van der Waals surface area contributed by atoms with Gasteiger partial charge < -0.3 is 10.6 Å². The summed E-state index contributed by atoms with van der Waals surface area (Å²) in [6.45, 7) is 2.68. The van der Waals surface area contributed by atoms with E-state index in [1.54, 1.807) is 11.5 Å². The Hall–Kier alpha value is -1.07. The average Bonchev–Trinajstić information content (AvgIpc) is 2.74. The minimum Gasteiger partial charge on any atom is -0.320 e. The first kappa shape index (κ1) is 19.9. The fourth-order valence-electron chi connectivity index (χ4n) is 2.20. The number of halogens is 2. The van der Waals surface area contributed by atoms with Crippen LogP contribution in [0.4, 0.5) is 0 Å². The van der Waals surface area contributed by atoms with Crippen LogP contribution in [-0.4, -0.2) is 42.1 Å². The minimum absolute atomic E-state index is 0. The Balaban J connectivity index is 0.00000200. The highest BCUT2D eigenvalue weighted by atomic mass is 35.5. The zero-order valence-electron chi connectivity index (χ0n) is 12.6. The van der Waals surface area contributed by atoms with Crippen molar-refractivity contribution in [3.05, 3.63) is 36.0 Å². The molecule has 6 heteroatoms. The van der Waals surface area contributed by atoms with Crippen LogP contribution in [0, 0.1) is 0 Å². The maximum atomic E-state index is 12.1. The molecule has 0 spiro atoms. The largest absolute Gasteiger partial charge is 0.320 e. The van der Waals surface area contributed by atoms with Crippen molar-refractivity contribution in [3.63, 3.8) is 0 Å². The molecular formula is C15H23Cl2N3O. The van der Waals surface area contributed by atoms with Crippen molar-refractivity contribution in [2.45, 2.75) is 19.4 Å². The van der Waals surface area contributed by atoms with E-state index in [9.17, 15) is 4.79 Å². The summed E-state index contributed by atoms with van der Waals surface area (Å²) >= 11 is 0. The maximum absolute atomic E-state index is 12.1. The van der Waals surface area contributed by atoms with Crippen molar-refractivity contribution in [1.82, 2.24) is 9.47 Å². The van der Waals surface area contributed by atoms with Crippen LogP contribution in [0.3, 0.4) is 0 Å². The van der Waals surface area contributed by atoms with Crippen LogP contribution in [-0.2, 0) is 6.42 Å². The smallest absolute Gasteiger partial charge is 0.247 e. The fraction of sp³-hybridized carbons (Fsp3) is 0.400. The molecule has 0 aliphatic rings. The molecule has 0 aliphatic carbocycles. The van der Waals surface area contributed by atoms with E-state index < -0.39 is 6.04 Å². The van der Waals surface area contributed by atoms with Gasteiger partial charge in [-0.15, -0.1) is 24.8 Å². The number of hydrogen-bond acceptors (Lipinski definition) is 3. The van der Waals surface area contributed by atoms with Gasteiger partial charge in [0.05, 0.1) is 11.6 Å². The van der Waals surface area contributed by atoms with Gasteiger partial charge in [0.25, 0.3) is 0 Å². The second-order valence-electron chi connectivity index (χ2n) is 5.22. The third kappa shape index (κ3) is 4.45. The summed E-state index contributed by atoms with van der Waals surface area (Å²) in [5.41, 5.74) is 7.85. The molecule has 0 radical (unpaired) electrons. The SMILES string of the molecule is CC(N)C(=O)n1cc(CCN(C)C)c2ccccc21.Cl.Cl. The van der Waals surface area contributed by atoms with Crippen molar-refractivity contribution in [3.8, 4) is 0 Å². The molecule has 2 aromatic rings. The lowest BCUT2D eigenvalue weighted by Gasteiger charge is -2.08. The van der Waals surface area contributed by atoms with Gasteiger partial charge in [-0.2, -0.15) is 0 Å². The van der Waals surface area contributed by atoms with Gasteiger partial charge in [-0.1, -0.05) is 18.2 Å². The van der Waals surface area contributed by atoms with Crippen molar-refractivity contribution < 1.29 is 4.79 Å². The molecule has 1 unspecified atom stereocenters. The molecule has 0 amide bonds. The van der Waals surface area contributed by atoms with Gasteiger partial charge in [0.2, 0.25) is 5.91 Å². The fourth-order valence-corrected chi connectivity index (χ4v) is 2.20. The number of hydrogen-bond donors (Lipinski definition) is 1. The zero-order chi connectivity index (χ0) is 14.0. The first-order valence-electron chi connectivity index (χ1n) is 6.54. The summed E-state index contributed by atoms with van der Waals surface area (Å²) in [5, 5.41) is 1.14. The standard InChI is InChI=1S/C15H21N3O.2ClH/c1-11(16)15(19)18-10-12(8-9-17(2)3)13-6-4-5-7-14(13)18;;/h4-7,10-11H,8-9,16H2,1-3H3;2*1H. The van der Waals surface area contributed by atoms with Crippen LogP contribution in [0.1, 0.15) is 17.3 Å². The molecule has 2 N–H and O–H groups in total.